The average molecular weight is 414 g/mol. The van der Waals surface area contributed by atoms with Crippen molar-refractivity contribution < 1.29 is 19.1 Å². The van der Waals surface area contributed by atoms with Gasteiger partial charge in [-0.15, -0.1) is 0 Å². The number of aliphatic hydroxyl groups excluding tert-OH is 1. The molecule has 5 rings (SSSR count). The first-order valence-corrected chi connectivity index (χ1v) is 10.9. The zero-order valence-corrected chi connectivity index (χ0v) is 16.9. The second-order valence-electron chi connectivity index (χ2n) is 8.88. The number of amides is 2. The Morgan fingerprint density at radius 3 is 2.80 bits per heavy atom. The number of carbonyl (C=O) groups is 2. The summed E-state index contributed by atoms with van der Waals surface area (Å²) in [6, 6.07) is 4.40. The van der Waals surface area contributed by atoms with Crippen molar-refractivity contribution in [3.05, 3.63) is 29.8 Å². The third kappa shape index (κ3) is 3.47. The van der Waals surface area contributed by atoms with E-state index in [2.05, 4.69) is 9.97 Å². The Labute approximate surface area is 174 Å². The summed E-state index contributed by atoms with van der Waals surface area (Å²) in [6.45, 7) is 1.87. The summed E-state index contributed by atoms with van der Waals surface area (Å²) in [5.74, 6) is 0.712. The van der Waals surface area contributed by atoms with Crippen LogP contribution in [0.25, 0.3) is 11.0 Å². The summed E-state index contributed by atoms with van der Waals surface area (Å²) < 4.78 is 13.4. The third-order valence-electron chi connectivity index (χ3n) is 7.04. The van der Waals surface area contributed by atoms with E-state index in [0.717, 1.165) is 12.8 Å². The molecule has 2 aromatic rings. The first-order valence-electron chi connectivity index (χ1n) is 10.9. The van der Waals surface area contributed by atoms with Gasteiger partial charge in [0.1, 0.15) is 11.6 Å². The number of aliphatic hydroxyl groups is 1. The van der Waals surface area contributed by atoms with Gasteiger partial charge in [-0.2, -0.15) is 0 Å². The van der Waals surface area contributed by atoms with E-state index in [0.29, 0.717) is 62.2 Å². The summed E-state index contributed by atoms with van der Waals surface area (Å²) in [5, 5.41) is 9.70. The molecule has 1 saturated carbocycles. The summed E-state index contributed by atoms with van der Waals surface area (Å²) in [5.41, 5.74) is 1.33. The number of hydrogen-bond acceptors (Lipinski definition) is 4. The van der Waals surface area contributed by atoms with Crippen LogP contribution < -0.4 is 0 Å². The van der Waals surface area contributed by atoms with Gasteiger partial charge >= 0.3 is 0 Å². The van der Waals surface area contributed by atoms with Gasteiger partial charge in [-0.25, -0.2) is 9.37 Å². The molecule has 7 nitrogen and oxygen atoms in total. The van der Waals surface area contributed by atoms with Gasteiger partial charge in [0, 0.05) is 38.5 Å². The minimum Gasteiger partial charge on any atom is -0.393 e. The SMILES string of the molecule is O=C([C@@H]1[C@H]2CC[C@@H]1N(C(=O)CCc1nc3ccc(F)cc3[nH]1)C2)N1CCC(O)CC1. The summed E-state index contributed by atoms with van der Waals surface area (Å²) in [4.78, 5) is 37.3. The topological polar surface area (TPSA) is 89.5 Å². The molecule has 2 bridgehead atoms. The van der Waals surface area contributed by atoms with Crippen molar-refractivity contribution in [1.82, 2.24) is 19.8 Å². The van der Waals surface area contributed by atoms with Gasteiger partial charge in [-0.05, 0) is 49.8 Å². The highest BCUT2D eigenvalue weighted by Gasteiger charge is 2.52. The minimum absolute atomic E-state index is 0.00776. The van der Waals surface area contributed by atoms with Gasteiger partial charge < -0.3 is 19.9 Å². The van der Waals surface area contributed by atoms with Crippen LogP contribution in [0.4, 0.5) is 4.39 Å². The number of H-pyrrole nitrogens is 1. The molecule has 160 valence electrons. The standard InChI is InChI=1S/C22H27FN4O3/c23-14-2-3-16-17(11-14)25-19(24-16)5-6-20(29)27-12-13-1-4-18(27)21(13)22(30)26-9-7-15(28)8-10-26/h2-3,11,13,15,18,21,28H,1,4-10,12H2,(H,24,25)/t13-,18-,21+/m0/s1. The molecule has 8 heteroatoms. The van der Waals surface area contributed by atoms with Gasteiger partial charge in [0.2, 0.25) is 11.8 Å². The monoisotopic (exact) mass is 414 g/mol. The van der Waals surface area contributed by atoms with Gasteiger partial charge in [0.15, 0.2) is 0 Å². The van der Waals surface area contributed by atoms with Crippen LogP contribution in [-0.4, -0.2) is 68.5 Å². The predicted molar refractivity (Wildman–Crippen MR) is 108 cm³/mol. The maximum Gasteiger partial charge on any atom is 0.228 e. The van der Waals surface area contributed by atoms with E-state index in [1.807, 2.05) is 9.80 Å². The highest BCUT2D eigenvalue weighted by atomic mass is 19.1. The number of nitrogens with zero attached hydrogens (tertiary/aromatic N) is 3. The fraction of sp³-hybridized carbons (Fsp3) is 0.591. The van der Waals surface area contributed by atoms with Crippen molar-refractivity contribution in [2.24, 2.45) is 11.8 Å². The fourth-order valence-electron chi connectivity index (χ4n) is 5.47. The van der Waals surface area contributed by atoms with Gasteiger partial charge in [0.25, 0.3) is 0 Å². The second kappa shape index (κ2) is 7.65. The number of aromatic nitrogens is 2. The van der Waals surface area contributed by atoms with Gasteiger partial charge in [-0.1, -0.05) is 0 Å². The van der Waals surface area contributed by atoms with Gasteiger partial charge in [-0.3, -0.25) is 9.59 Å². The summed E-state index contributed by atoms with van der Waals surface area (Å²) >= 11 is 0. The minimum atomic E-state index is -0.319. The molecule has 2 N–H and O–H groups in total. The van der Waals surface area contributed by atoms with Crippen LogP contribution in [0.3, 0.4) is 0 Å². The van der Waals surface area contributed by atoms with E-state index in [1.54, 1.807) is 6.07 Å². The first-order chi connectivity index (χ1) is 14.5. The van der Waals surface area contributed by atoms with Gasteiger partial charge in [0.05, 0.1) is 23.1 Å². The third-order valence-corrected chi connectivity index (χ3v) is 7.04. The average Bonchev–Trinajstić information content (AvgIpc) is 3.44. The maximum atomic E-state index is 13.4. The van der Waals surface area contributed by atoms with Crippen LogP contribution in [0.15, 0.2) is 18.2 Å². The second-order valence-corrected chi connectivity index (χ2v) is 8.88. The van der Waals surface area contributed by atoms with E-state index in [-0.39, 0.29) is 41.6 Å². The number of benzene rings is 1. The van der Waals surface area contributed by atoms with Crippen molar-refractivity contribution in [3.8, 4) is 0 Å². The number of hydrogen-bond donors (Lipinski definition) is 2. The smallest absolute Gasteiger partial charge is 0.228 e. The molecule has 0 unspecified atom stereocenters. The molecule has 30 heavy (non-hydrogen) atoms. The maximum absolute atomic E-state index is 13.4. The Bertz CT molecular complexity index is 968. The molecule has 2 amide bonds. The molecule has 0 radical (unpaired) electrons. The zero-order valence-electron chi connectivity index (χ0n) is 16.9. The molecular weight excluding hydrogens is 387 g/mol. The largest absolute Gasteiger partial charge is 0.393 e. The molecule has 1 aromatic heterocycles. The lowest BCUT2D eigenvalue weighted by Gasteiger charge is -2.33. The Morgan fingerprint density at radius 1 is 1.20 bits per heavy atom. The first kappa shape index (κ1) is 19.5. The molecule has 0 spiro atoms. The number of halogens is 1. The van der Waals surface area contributed by atoms with E-state index in [4.69, 9.17) is 0 Å². The number of rotatable bonds is 4. The van der Waals surface area contributed by atoms with Crippen molar-refractivity contribution in [2.45, 2.75) is 50.7 Å². The molecular formula is C22H27FN4O3. The van der Waals surface area contributed by atoms with Crippen molar-refractivity contribution in [3.63, 3.8) is 0 Å². The quantitative estimate of drug-likeness (QED) is 0.799. The lowest BCUT2D eigenvalue weighted by Crippen LogP contribution is -2.46. The number of aromatic amines is 1. The summed E-state index contributed by atoms with van der Waals surface area (Å²) in [7, 11) is 0. The number of likely N-dealkylation sites (tertiary alicyclic amines) is 2. The van der Waals surface area contributed by atoms with Crippen molar-refractivity contribution in [1.29, 1.82) is 0 Å². The Morgan fingerprint density at radius 2 is 2.00 bits per heavy atom. The zero-order chi connectivity index (χ0) is 20.8. The predicted octanol–water partition coefficient (Wildman–Crippen LogP) is 1.85. The highest BCUT2D eigenvalue weighted by Crippen LogP contribution is 2.44. The normalized spacial score (nSPS) is 26.7. The Hall–Kier alpha value is -2.48. The van der Waals surface area contributed by atoms with Crippen molar-refractivity contribution in [2.75, 3.05) is 19.6 Å². The van der Waals surface area contributed by atoms with Crippen LogP contribution in [0.2, 0.25) is 0 Å². The summed E-state index contributed by atoms with van der Waals surface area (Å²) in [6.07, 6.45) is 3.63. The molecule has 3 heterocycles. The lowest BCUT2D eigenvalue weighted by atomic mass is 9.95. The van der Waals surface area contributed by atoms with E-state index in [9.17, 15) is 19.1 Å². The molecule has 2 saturated heterocycles. The number of nitrogens with one attached hydrogen (secondary N) is 1. The lowest BCUT2D eigenvalue weighted by molar-refractivity contribution is -0.139. The number of piperidine rings is 2. The molecule has 3 aliphatic rings. The van der Waals surface area contributed by atoms with Crippen LogP contribution in [0.1, 0.15) is 37.9 Å². The molecule has 1 aliphatic carbocycles. The van der Waals surface area contributed by atoms with Crippen molar-refractivity contribution >= 4 is 22.8 Å². The number of fused-ring (bicyclic) bond motifs is 3. The highest BCUT2D eigenvalue weighted by molar-refractivity contribution is 5.84. The van der Waals surface area contributed by atoms with Crippen LogP contribution in [0, 0.1) is 17.7 Å². The fourth-order valence-corrected chi connectivity index (χ4v) is 5.47. The van der Waals surface area contributed by atoms with Crippen LogP contribution in [-0.2, 0) is 16.0 Å². The number of aryl methyl sites for hydroxylation is 1. The Balaban J connectivity index is 1.21. The van der Waals surface area contributed by atoms with E-state index in [1.165, 1.54) is 12.1 Å². The van der Waals surface area contributed by atoms with E-state index >= 15 is 0 Å². The number of carbonyl (C=O) groups excluding carboxylic acids is 2. The van der Waals surface area contributed by atoms with Crippen LogP contribution >= 0.6 is 0 Å². The Kier molecular flexibility index (Phi) is 4.97. The molecule has 3 atom stereocenters. The molecule has 3 fully saturated rings. The number of imidazole rings is 1. The van der Waals surface area contributed by atoms with E-state index < -0.39 is 0 Å². The molecule has 2 aliphatic heterocycles. The molecule has 1 aromatic carbocycles. The van der Waals surface area contributed by atoms with Crippen LogP contribution in [0.5, 0.6) is 0 Å².